The Hall–Kier alpha value is -1.38. The molecule has 0 spiro atoms. The number of carbonyl (C=O) groups is 2. The minimum Gasteiger partial charge on any atom is -0.461 e. The predicted octanol–water partition coefficient (Wildman–Crippen LogP) is 4.23. The molecule has 1 aliphatic carbocycles. The minimum absolute atomic E-state index is 0.0343. The van der Waals surface area contributed by atoms with Crippen molar-refractivity contribution in [2.75, 3.05) is 0 Å². The van der Waals surface area contributed by atoms with Crippen molar-refractivity contribution in [2.45, 2.75) is 65.9 Å². The first-order valence-electron chi connectivity index (χ1n) is 8.42. The quantitative estimate of drug-likeness (QED) is 0.443. The lowest BCUT2D eigenvalue weighted by atomic mass is 9.75. The zero-order chi connectivity index (χ0) is 16.3. The van der Waals surface area contributed by atoms with Crippen molar-refractivity contribution in [2.24, 2.45) is 17.8 Å². The van der Waals surface area contributed by atoms with E-state index in [1.165, 1.54) is 11.1 Å². The third-order valence-electron chi connectivity index (χ3n) is 4.92. The van der Waals surface area contributed by atoms with E-state index >= 15 is 0 Å². The highest BCUT2D eigenvalue weighted by Crippen LogP contribution is 2.41. The molecule has 122 valence electrons. The third-order valence-corrected chi connectivity index (χ3v) is 4.92. The van der Waals surface area contributed by atoms with Gasteiger partial charge in [-0.15, -0.1) is 0 Å². The van der Waals surface area contributed by atoms with Gasteiger partial charge in [0.2, 0.25) is 0 Å². The Kier molecular flexibility index (Phi) is 5.60. The number of esters is 1. The van der Waals surface area contributed by atoms with Gasteiger partial charge in [0, 0.05) is 18.8 Å². The summed E-state index contributed by atoms with van der Waals surface area (Å²) in [6, 6.07) is 0. The van der Waals surface area contributed by atoms with Crippen LogP contribution in [-0.4, -0.2) is 17.9 Å². The number of hydrogen-bond acceptors (Lipinski definition) is 3. The van der Waals surface area contributed by atoms with Crippen LogP contribution in [0.3, 0.4) is 0 Å². The van der Waals surface area contributed by atoms with Crippen molar-refractivity contribution in [3.05, 3.63) is 23.3 Å². The molecule has 1 saturated heterocycles. The summed E-state index contributed by atoms with van der Waals surface area (Å²) >= 11 is 0. The zero-order valence-corrected chi connectivity index (χ0v) is 14.2. The van der Waals surface area contributed by atoms with E-state index in [0.717, 1.165) is 25.7 Å². The fourth-order valence-corrected chi connectivity index (χ4v) is 3.74. The van der Waals surface area contributed by atoms with E-state index in [1.54, 1.807) is 0 Å². The maximum Gasteiger partial charge on any atom is 0.317 e. The summed E-state index contributed by atoms with van der Waals surface area (Å²) in [5.74, 6) is -0.411. The second-order valence-corrected chi connectivity index (χ2v) is 7.13. The molecular formula is C19H28O3. The van der Waals surface area contributed by atoms with Crippen LogP contribution in [-0.2, 0) is 14.3 Å². The Balaban J connectivity index is 2.19. The molecule has 0 saturated carbocycles. The number of fused-ring (bicyclic) bond motifs is 2. The summed E-state index contributed by atoms with van der Waals surface area (Å²) in [6.07, 6.45) is 8.19. The Bertz CT molecular complexity index is 497. The Morgan fingerprint density at radius 1 is 1.41 bits per heavy atom. The fourth-order valence-electron chi connectivity index (χ4n) is 3.74. The molecular weight excluding hydrogens is 276 g/mol. The van der Waals surface area contributed by atoms with Gasteiger partial charge in [0.25, 0.3) is 0 Å². The average molecular weight is 304 g/mol. The number of Topliss-reactive ketones (excluding diaryl/α,β-unsaturated/α-hetero) is 1. The highest BCUT2D eigenvalue weighted by Gasteiger charge is 2.50. The van der Waals surface area contributed by atoms with E-state index in [4.69, 9.17) is 4.74 Å². The lowest BCUT2D eigenvalue weighted by molar-refractivity contribution is -0.146. The fraction of sp³-hybridized carbons (Fsp3) is 0.684. The molecule has 2 bridgehead atoms. The molecule has 4 atom stereocenters. The molecule has 0 aromatic rings. The highest BCUT2D eigenvalue weighted by atomic mass is 16.6. The van der Waals surface area contributed by atoms with Crippen molar-refractivity contribution in [1.29, 1.82) is 0 Å². The molecule has 1 aliphatic heterocycles. The van der Waals surface area contributed by atoms with Crippen molar-refractivity contribution in [3.8, 4) is 0 Å². The van der Waals surface area contributed by atoms with Gasteiger partial charge in [0.1, 0.15) is 17.8 Å². The van der Waals surface area contributed by atoms with E-state index in [0.29, 0.717) is 12.3 Å². The summed E-state index contributed by atoms with van der Waals surface area (Å²) in [4.78, 5) is 24.7. The van der Waals surface area contributed by atoms with Gasteiger partial charge in [-0.25, -0.2) is 0 Å². The molecule has 22 heavy (non-hydrogen) atoms. The number of ether oxygens (including phenoxy) is 1. The molecule has 3 heteroatoms. The number of ketones is 1. The highest BCUT2D eigenvalue weighted by molar-refractivity contribution is 6.00. The van der Waals surface area contributed by atoms with E-state index in [1.807, 2.05) is 0 Å². The average Bonchev–Trinajstić information content (AvgIpc) is 2.75. The molecule has 2 aliphatic rings. The van der Waals surface area contributed by atoms with Gasteiger partial charge in [-0.3, -0.25) is 9.59 Å². The topological polar surface area (TPSA) is 43.4 Å². The molecule has 2 rings (SSSR count). The van der Waals surface area contributed by atoms with Gasteiger partial charge >= 0.3 is 5.97 Å². The first-order chi connectivity index (χ1) is 10.4. The van der Waals surface area contributed by atoms with Crippen molar-refractivity contribution >= 4 is 11.8 Å². The monoisotopic (exact) mass is 304 g/mol. The van der Waals surface area contributed by atoms with Crippen LogP contribution >= 0.6 is 0 Å². The first kappa shape index (κ1) is 17.0. The van der Waals surface area contributed by atoms with E-state index < -0.39 is 5.92 Å². The minimum atomic E-state index is -0.536. The van der Waals surface area contributed by atoms with Crippen LogP contribution in [0.1, 0.15) is 59.8 Å². The Labute approximate surface area is 133 Å². The Morgan fingerprint density at radius 2 is 2.14 bits per heavy atom. The van der Waals surface area contributed by atoms with Crippen LogP contribution in [0.4, 0.5) is 0 Å². The predicted molar refractivity (Wildman–Crippen MR) is 87.3 cm³/mol. The molecule has 1 heterocycles. The van der Waals surface area contributed by atoms with Gasteiger partial charge in [0.05, 0.1) is 0 Å². The largest absolute Gasteiger partial charge is 0.461 e. The summed E-state index contributed by atoms with van der Waals surface area (Å²) < 4.78 is 5.59. The van der Waals surface area contributed by atoms with Gasteiger partial charge in [-0.1, -0.05) is 30.2 Å². The summed E-state index contributed by atoms with van der Waals surface area (Å²) in [6.45, 7) is 8.43. The van der Waals surface area contributed by atoms with Gasteiger partial charge in [-0.05, 0) is 46.0 Å². The van der Waals surface area contributed by atoms with Crippen LogP contribution in [0.2, 0.25) is 0 Å². The summed E-state index contributed by atoms with van der Waals surface area (Å²) in [7, 11) is 0. The Morgan fingerprint density at radius 3 is 2.82 bits per heavy atom. The smallest absolute Gasteiger partial charge is 0.317 e. The second-order valence-electron chi connectivity index (χ2n) is 7.13. The lowest BCUT2D eigenvalue weighted by Gasteiger charge is -2.26. The van der Waals surface area contributed by atoms with E-state index in [2.05, 4.69) is 39.8 Å². The summed E-state index contributed by atoms with van der Waals surface area (Å²) in [5, 5.41) is 0. The van der Waals surface area contributed by atoms with Crippen molar-refractivity contribution in [3.63, 3.8) is 0 Å². The number of rotatable bonds is 4. The van der Waals surface area contributed by atoms with Crippen LogP contribution < -0.4 is 0 Å². The molecule has 2 unspecified atom stereocenters. The molecule has 1 fully saturated rings. The standard InChI is InChI=1S/C19H28O3/c1-12(2)7-5-9-14(4)17-16-11-13(3)8-6-10-15(20)18(17)19(21)22-16/h7-8,14,16-18H,5-6,9-11H2,1-4H3/b13-8+/t14?,16-,17-,18?/m1/s1. The molecule has 3 nitrogen and oxygen atoms in total. The molecule has 0 N–H and O–H groups in total. The van der Waals surface area contributed by atoms with Crippen LogP contribution in [0, 0.1) is 17.8 Å². The SMILES string of the molecule is CC(C)=CCCC(C)[C@H]1C2C(=O)CC/C=C(\C)C[C@H]1OC2=O. The number of carbonyl (C=O) groups excluding carboxylic acids is 2. The van der Waals surface area contributed by atoms with Crippen LogP contribution in [0.15, 0.2) is 23.3 Å². The second kappa shape index (κ2) is 7.26. The maximum absolute atomic E-state index is 12.4. The van der Waals surface area contributed by atoms with E-state index in [9.17, 15) is 9.59 Å². The number of hydrogen-bond donors (Lipinski definition) is 0. The number of allylic oxidation sites excluding steroid dienone is 3. The normalized spacial score (nSPS) is 32.2. The zero-order valence-electron chi connectivity index (χ0n) is 14.2. The summed E-state index contributed by atoms with van der Waals surface area (Å²) in [5.41, 5.74) is 2.54. The first-order valence-corrected chi connectivity index (χ1v) is 8.42. The maximum atomic E-state index is 12.4. The van der Waals surface area contributed by atoms with Gasteiger partial charge in [-0.2, -0.15) is 0 Å². The van der Waals surface area contributed by atoms with E-state index in [-0.39, 0.29) is 23.8 Å². The molecule has 0 radical (unpaired) electrons. The van der Waals surface area contributed by atoms with Gasteiger partial charge in [0.15, 0.2) is 0 Å². The van der Waals surface area contributed by atoms with Crippen molar-refractivity contribution in [1.82, 2.24) is 0 Å². The van der Waals surface area contributed by atoms with Crippen LogP contribution in [0.5, 0.6) is 0 Å². The van der Waals surface area contributed by atoms with Crippen LogP contribution in [0.25, 0.3) is 0 Å². The lowest BCUT2D eigenvalue weighted by Crippen LogP contribution is -2.32. The molecule has 0 amide bonds. The third kappa shape index (κ3) is 3.88. The molecule has 0 aromatic heterocycles. The molecule has 0 aromatic carbocycles. The van der Waals surface area contributed by atoms with Crippen molar-refractivity contribution < 1.29 is 14.3 Å². The van der Waals surface area contributed by atoms with Gasteiger partial charge < -0.3 is 4.74 Å².